The van der Waals surface area contributed by atoms with Gasteiger partial charge in [0.1, 0.15) is 0 Å². The molecule has 0 aromatic heterocycles. The molecular formula is C52H106S2. The highest BCUT2D eigenvalue weighted by atomic mass is 33.1. The van der Waals surface area contributed by atoms with E-state index in [1.54, 1.807) is 0 Å². The molecule has 0 N–H and O–H groups in total. The highest BCUT2D eigenvalue weighted by Gasteiger charge is 2.16. The van der Waals surface area contributed by atoms with Crippen LogP contribution in [0.5, 0.6) is 0 Å². The number of hydrogen-bond donors (Lipinski definition) is 0. The van der Waals surface area contributed by atoms with Gasteiger partial charge in [-0.2, -0.15) is 0 Å². The zero-order valence-corrected chi connectivity index (χ0v) is 40.1. The fraction of sp³-hybridized carbons (Fsp3) is 1.00. The lowest BCUT2D eigenvalue weighted by atomic mass is 10.0. The standard InChI is InChI=1S/C52H106S2/c1-5-9-13-17-21-25-29-33-37-41-45-49-51(47-43-39-35-31-27-23-19-15-11-7-3)53-54-52(48-44-40-36-32-28-24-20-16-12-8-4)50-46-42-38-34-30-26-22-18-14-10-6-2/h51-52H,5-50H2,1-4H3. The van der Waals surface area contributed by atoms with E-state index in [2.05, 4.69) is 49.3 Å². The van der Waals surface area contributed by atoms with Gasteiger partial charge in [-0.05, 0) is 25.7 Å². The maximum Gasteiger partial charge on any atom is 0.0151 e. The molecule has 2 unspecified atom stereocenters. The zero-order valence-electron chi connectivity index (χ0n) is 38.5. The fourth-order valence-corrected chi connectivity index (χ4v) is 11.9. The first-order valence-electron chi connectivity index (χ1n) is 26.1. The first kappa shape index (κ1) is 54.7. The van der Waals surface area contributed by atoms with E-state index in [0.29, 0.717) is 0 Å². The van der Waals surface area contributed by atoms with Crippen molar-refractivity contribution in [1.82, 2.24) is 0 Å². The van der Waals surface area contributed by atoms with Gasteiger partial charge in [-0.15, -0.1) is 0 Å². The quantitative estimate of drug-likeness (QED) is 0.0444. The molecule has 0 saturated heterocycles. The molecule has 0 aliphatic rings. The molecule has 0 radical (unpaired) electrons. The molecule has 0 saturated carbocycles. The van der Waals surface area contributed by atoms with Crippen molar-refractivity contribution in [2.75, 3.05) is 0 Å². The van der Waals surface area contributed by atoms with Gasteiger partial charge in [-0.25, -0.2) is 0 Å². The average molecular weight is 796 g/mol. The monoisotopic (exact) mass is 795 g/mol. The molecule has 0 aliphatic carbocycles. The van der Waals surface area contributed by atoms with Crippen LogP contribution in [-0.4, -0.2) is 10.5 Å². The molecule has 2 atom stereocenters. The maximum absolute atomic E-state index is 2.37. The molecule has 0 aromatic rings. The number of hydrogen-bond acceptors (Lipinski definition) is 2. The predicted molar refractivity (Wildman–Crippen MR) is 258 cm³/mol. The fourth-order valence-electron chi connectivity index (χ4n) is 8.43. The van der Waals surface area contributed by atoms with Crippen molar-refractivity contribution >= 4 is 21.6 Å². The minimum Gasteiger partial charge on any atom is -0.0904 e. The molecule has 2 heteroatoms. The Morgan fingerprint density at radius 2 is 0.315 bits per heavy atom. The molecule has 0 amide bonds. The summed E-state index contributed by atoms with van der Waals surface area (Å²) in [6.07, 6.45) is 67.5. The van der Waals surface area contributed by atoms with Gasteiger partial charge in [0.2, 0.25) is 0 Å². The Morgan fingerprint density at radius 1 is 0.185 bits per heavy atom. The van der Waals surface area contributed by atoms with E-state index >= 15 is 0 Å². The van der Waals surface area contributed by atoms with E-state index in [1.165, 1.54) is 295 Å². The van der Waals surface area contributed by atoms with Crippen molar-refractivity contribution in [2.24, 2.45) is 0 Å². The van der Waals surface area contributed by atoms with Gasteiger partial charge in [0.15, 0.2) is 0 Å². The molecule has 0 heterocycles. The molecule has 0 bridgehead atoms. The Morgan fingerprint density at radius 3 is 0.463 bits per heavy atom. The van der Waals surface area contributed by atoms with Crippen LogP contribution in [0.25, 0.3) is 0 Å². The summed E-state index contributed by atoms with van der Waals surface area (Å²) in [4.78, 5) is 0. The van der Waals surface area contributed by atoms with Crippen LogP contribution in [0.4, 0.5) is 0 Å². The molecule has 0 nitrogen and oxygen atoms in total. The Bertz CT molecular complexity index is 580. The smallest absolute Gasteiger partial charge is 0.0151 e. The van der Waals surface area contributed by atoms with Crippen LogP contribution in [0.1, 0.15) is 323 Å². The molecule has 0 fully saturated rings. The van der Waals surface area contributed by atoms with E-state index in [0.717, 1.165) is 10.5 Å². The van der Waals surface area contributed by atoms with Gasteiger partial charge in [-0.3, -0.25) is 0 Å². The lowest BCUT2D eigenvalue weighted by molar-refractivity contribution is 0.522. The van der Waals surface area contributed by atoms with Crippen LogP contribution >= 0.6 is 21.6 Å². The van der Waals surface area contributed by atoms with Crippen molar-refractivity contribution in [3.8, 4) is 0 Å². The van der Waals surface area contributed by atoms with E-state index < -0.39 is 0 Å². The van der Waals surface area contributed by atoms with E-state index in [9.17, 15) is 0 Å². The Kier molecular flexibility index (Phi) is 50.5. The van der Waals surface area contributed by atoms with E-state index in [4.69, 9.17) is 0 Å². The number of rotatable bonds is 49. The van der Waals surface area contributed by atoms with Gasteiger partial charge in [-0.1, -0.05) is 319 Å². The first-order chi connectivity index (χ1) is 26.8. The second-order valence-corrected chi connectivity index (χ2v) is 20.9. The highest BCUT2D eigenvalue weighted by Crippen LogP contribution is 2.40. The SMILES string of the molecule is CCCCCCCCCCCCCC(CCCCCCCCCCCC)SSC(CCCCCCCCCCCC)CCCCCCCCCCCCC. The Labute approximate surface area is 353 Å². The van der Waals surface area contributed by atoms with Crippen LogP contribution < -0.4 is 0 Å². The second-order valence-electron chi connectivity index (χ2n) is 18.0. The molecular weight excluding hydrogens is 689 g/mol. The molecule has 0 rings (SSSR count). The minimum atomic E-state index is 0.898. The summed E-state index contributed by atoms with van der Waals surface area (Å²) >= 11 is 0. The van der Waals surface area contributed by atoms with Gasteiger partial charge >= 0.3 is 0 Å². The Hall–Kier alpha value is 0.700. The van der Waals surface area contributed by atoms with Crippen molar-refractivity contribution in [3.05, 3.63) is 0 Å². The highest BCUT2D eigenvalue weighted by molar-refractivity contribution is 8.77. The molecule has 0 aromatic carbocycles. The van der Waals surface area contributed by atoms with Crippen LogP contribution in [-0.2, 0) is 0 Å². The summed E-state index contributed by atoms with van der Waals surface area (Å²) in [6, 6.07) is 0. The lowest BCUT2D eigenvalue weighted by Crippen LogP contribution is -2.06. The third-order valence-corrected chi connectivity index (χ3v) is 15.9. The van der Waals surface area contributed by atoms with Crippen LogP contribution in [0.3, 0.4) is 0 Å². The Balaban J connectivity index is 4.70. The van der Waals surface area contributed by atoms with Gasteiger partial charge in [0.05, 0.1) is 0 Å². The normalized spacial score (nSPS) is 12.9. The summed E-state index contributed by atoms with van der Waals surface area (Å²) < 4.78 is 0. The van der Waals surface area contributed by atoms with Crippen molar-refractivity contribution in [2.45, 2.75) is 334 Å². The van der Waals surface area contributed by atoms with Crippen molar-refractivity contribution in [3.63, 3.8) is 0 Å². The van der Waals surface area contributed by atoms with E-state index in [1.807, 2.05) is 0 Å². The van der Waals surface area contributed by atoms with Gasteiger partial charge in [0.25, 0.3) is 0 Å². The topological polar surface area (TPSA) is 0 Å². The maximum atomic E-state index is 2.37. The van der Waals surface area contributed by atoms with Gasteiger partial charge < -0.3 is 0 Å². The predicted octanol–water partition coefficient (Wildman–Crippen LogP) is 21.1. The van der Waals surface area contributed by atoms with E-state index in [-0.39, 0.29) is 0 Å². The van der Waals surface area contributed by atoms with Crippen LogP contribution in [0, 0.1) is 0 Å². The molecule has 54 heavy (non-hydrogen) atoms. The third kappa shape index (κ3) is 45.4. The summed E-state index contributed by atoms with van der Waals surface area (Å²) in [5, 5.41) is 1.80. The van der Waals surface area contributed by atoms with Crippen LogP contribution in [0.2, 0.25) is 0 Å². The van der Waals surface area contributed by atoms with Gasteiger partial charge in [0, 0.05) is 10.5 Å². The van der Waals surface area contributed by atoms with Crippen LogP contribution in [0.15, 0.2) is 0 Å². The molecule has 0 spiro atoms. The minimum absolute atomic E-state index is 0.898. The largest absolute Gasteiger partial charge is 0.0904 e. The first-order valence-corrected chi connectivity index (χ1v) is 28.4. The number of unbranched alkanes of at least 4 members (excludes halogenated alkanes) is 38. The molecule has 326 valence electrons. The van der Waals surface area contributed by atoms with Crippen molar-refractivity contribution in [1.29, 1.82) is 0 Å². The molecule has 0 aliphatic heterocycles. The summed E-state index contributed by atoms with van der Waals surface area (Å²) in [7, 11) is 4.74. The summed E-state index contributed by atoms with van der Waals surface area (Å²) in [5.41, 5.74) is 0. The lowest BCUT2D eigenvalue weighted by Gasteiger charge is -2.21. The third-order valence-electron chi connectivity index (χ3n) is 12.3. The summed E-state index contributed by atoms with van der Waals surface area (Å²) in [6.45, 7) is 9.33. The summed E-state index contributed by atoms with van der Waals surface area (Å²) in [5.74, 6) is 0. The second kappa shape index (κ2) is 49.8. The van der Waals surface area contributed by atoms with Crippen molar-refractivity contribution < 1.29 is 0 Å². The zero-order chi connectivity index (χ0) is 39.1. The average Bonchev–Trinajstić information content (AvgIpc) is 3.18.